The smallest absolute Gasteiger partial charge is 0.152 e. The molecule has 4 aliphatic rings. The number of halogens is 4. The van der Waals surface area contributed by atoms with Gasteiger partial charge in [0, 0.05) is 97.2 Å². The molecule has 388 valence electrons. The number of nitrogens with zero attached hydrogens (tertiary/aromatic N) is 9. The van der Waals surface area contributed by atoms with Crippen molar-refractivity contribution < 1.29 is 17.6 Å². The normalized spacial score (nSPS) is 13.6. The van der Waals surface area contributed by atoms with Gasteiger partial charge in [0.2, 0.25) is 0 Å². The number of aliphatic imine (C=N–C) groups is 3. The molecular weight excluding hydrogens is 1000 g/mol. The van der Waals surface area contributed by atoms with Gasteiger partial charge in [-0.3, -0.25) is 34.9 Å². The van der Waals surface area contributed by atoms with Gasteiger partial charge < -0.3 is 16.0 Å². The van der Waals surface area contributed by atoms with Crippen molar-refractivity contribution in [1.29, 1.82) is 0 Å². The predicted octanol–water partition coefficient (Wildman–Crippen LogP) is 14.1. The highest BCUT2D eigenvalue weighted by Gasteiger charge is 2.26. The maximum Gasteiger partial charge on any atom is 0.152 e. The first-order valence-electron chi connectivity index (χ1n) is 25.3. The van der Waals surface area contributed by atoms with Crippen molar-refractivity contribution in [2.24, 2.45) is 15.0 Å². The van der Waals surface area contributed by atoms with Crippen LogP contribution in [0.5, 0.6) is 0 Å². The average molecular weight is 1050 g/mol. The van der Waals surface area contributed by atoms with E-state index in [4.69, 9.17) is 0 Å². The summed E-state index contributed by atoms with van der Waals surface area (Å²) in [6.45, 7) is 1.82. The molecule has 3 aliphatic heterocycles. The van der Waals surface area contributed by atoms with Gasteiger partial charge in [0.15, 0.2) is 17.5 Å². The summed E-state index contributed by atoms with van der Waals surface area (Å²) >= 11 is 0. The third-order valence-corrected chi connectivity index (χ3v) is 14.0. The van der Waals surface area contributed by atoms with Gasteiger partial charge in [0.1, 0.15) is 40.4 Å². The molecular formula is C63H48F4N12. The number of rotatable bonds is 6. The molecule has 1 saturated carbocycles. The summed E-state index contributed by atoms with van der Waals surface area (Å²) in [7, 11) is 0. The number of pyridine rings is 4. The van der Waals surface area contributed by atoms with Gasteiger partial charge in [0.25, 0.3) is 0 Å². The Morgan fingerprint density at radius 1 is 0.430 bits per heavy atom. The maximum absolute atomic E-state index is 14.5. The van der Waals surface area contributed by atoms with Crippen molar-refractivity contribution in [3.63, 3.8) is 0 Å². The van der Waals surface area contributed by atoms with E-state index in [1.54, 1.807) is 71.9 Å². The number of anilines is 3. The molecule has 0 amide bonds. The summed E-state index contributed by atoms with van der Waals surface area (Å²) in [5.41, 5.74) is 11.3. The van der Waals surface area contributed by atoms with Crippen molar-refractivity contribution in [1.82, 2.24) is 29.7 Å². The summed E-state index contributed by atoms with van der Waals surface area (Å²) in [4.78, 5) is 30.8. The Morgan fingerprint density at radius 2 is 0.949 bits per heavy atom. The molecule has 0 bridgehead atoms. The van der Waals surface area contributed by atoms with Crippen molar-refractivity contribution in [3.8, 4) is 16.9 Å². The second-order valence-electron chi connectivity index (χ2n) is 19.1. The molecule has 16 heteroatoms. The van der Waals surface area contributed by atoms with E-state index in [0.29, 0.717) is 75.7 Å². The quantitative estimate of drug-likeness (QED) is 0.140. The van der Waals surface area contributed by atoms with Gasteiger partial charge >= 0.3 is 0 Å². The molecule has 11 aromatic rings. The molecule has 0 unspecified atom stereocenters. The van der Waals surface area contributed by atoms with E-state index in [1.165, 1.54) is 36.6 Å². The van der Waals surface area contributed by atoms with E-state index in [2.05, 4.69) is 56.0 Å². The minimum absolute atomic E-state index is 0. The lowest BCUT2D eigenvalue weighted by Gasteiger charge is -2.11. The SMILES string of the molecule is C.Fc1ccc(-n2cccn2)c2ccc(NC3=NCc4cccnc43)cc12.Fc1ccc(C2CC2)c2ccc(NC3=NCc4cccnc43)cc12.Fc1cccc(-c2ncc(F)c3cc(NC4=NCc5cccnc54)ccc23)c1. The molecule has 1 aliphatic carbocycles. The Morgan fingerprint density at radius 3 is 1.48 bits per heavy atom. The van der Waals surface area contributed by atoms with Gasteiger partial charge in [-0.1, -0.05) is 62.0 Å². The topological polar surface area (TPSA) is 143 Å². The maximum atomic E-state index is 14.5. The van der Waals surface area contributed by atoms with Gasteiger partial charge in [-0.2, -0.15) is 5.10 Å². The van der Waals surface area contributed by atoms with Crippen LogP contribution in [0.25, 0.3) is 49.3 Å². The minimum atomic E-state index is -0.439. The monoisotopic (exact) mass is 1050 g/mol. The zero-order chi connectivity index (χ0) is 52.7. The summed E-state index contributed by atoms with van der Waals surface area (Å²) in [6.07, 6.45) is 12.4. The van der Waals surface area contributed by atoms with Crippen LogP contribution < -0.4 is 16.0 Å². The van der Waals surface area contributed by atoms with Crippen molar-refractivity contribution >= 4 is 66.9 Å². The van der Waals surface area contributed by atoms with E-state index in [-0.39, 0.29) is 24.9 Å². The molecule has 3 N–H and O–H groups in total. The summed E-state index contributed by atoms with van der Waals surface area (Å²) in [5, 5.41) is 18.1. The van der Waals surface area contributed by atoms with Gasteiger partial charge in [0.05, 0.1) is 37.2 Å². The molecule has 15 rings (SSSR count). The van der Waals surface area contributed by atoms with Crippen molar-refractivity contribution in [2.45, 2.75) is 45.8 Å². The lowest BCUT2D eigenvalue weighted by Crippen LogP contribution is -2.13. The van der Waals surface area contributed by atoms with Crippen LogP contribution >= 0.6 is 0 Å². The van der Waals surface area contributed by atoms with Crippen LogP contribution in [0, 0.1) is 23.3 Å². The largest absolute Gasteiger partial charge is 0.339 e. The van der Waals surface area contributed by atoms with Crippen LogP contribution in [0.2, 0.25) is 0 Å². The number of nitrogens with one attached hydrogen (secondary N) is 3. The van der Waals surface area contributed by atoms with Crippen LogP contribution in [0.15, 0.2) is 198 Å². The number of fused-ring (bicyclic) bond motifs is 6. The second-order valence-corrected chi connectivity index (χ2v) is 19.1. The number of hydrogen-bond donors (Lipinski definition) is 3. The summed E-state index contributed by atoms with van der Waals surface area (Å²) < 4.78 is 58.6. The third kappa shape index (κ3) is 10.0. The highest BCUT2D eigenvalue weighted by atomic mass is 19.1. The summed E-state index contributed by atoms with van der Waals surface area (Å²) in [6, 6.07) is 43.2. The molecule has 12 nitrogen and oxygen atoms in total. The van der Waals surface area contributed by atoms with E-state index in [9.17, 15) is 17.6 Å². The average Bonchev–Trinajstić information content (AvgIpc) is 3.82. The molecule has 8 heterocycles. The number of amidine groups is 3. The van der Waals surface area contributed by atoms with Crippen LogP contribution in [0.1, 0.15) is 65.5 Å². The van der Waals surface area contributed by atoms with Crippen LogP contribution in [-0.4, -0.2) is 47.2 Å². The molecule has 0 saturated heterocycles. The van der Waals surface area contributed by atoms with E-state index >= 15 is 0 Å². The Balaban J connectivity index is 0.000000118. The molecule has 0 radical (unpaired) electrons. The van der Waals surface area contributed by atoms with Gasteiger partial charge in [-0.15, -0.1) is 0 Å². The fourth-order valence-corrected chi connectivity index (χ4v) is 10.1. The van der Waals surface area contributed by atoms with Gasteiger partial charge in [-0.05, 0) is 121 Å². The van der Waals surface area contributed by atoms with Gasteiger partial charge in [-0.25, -0.2) is 22.2 Å². The second kappa shape index (κ2) is 21.2. The van der Waals surface area contributed by atoms with Crippen molar-refractivity contribution in [3.05, 3.63) is 245 Å². The van der Waals surface area contributed by atoms with E-state index in [1.807, 2.05) is 91.1 Å². The molecule has 0 spiro atoms. The van der Waals surface area contributed by atoms with Crippen LogP contribution in [-0.2, 0) is 19.6 Å². The Kier molecular flexibility index (Phi) is 13.4. The number of benzene rings is 6. The Hall–Kier alpha value is -9.96. The number of hydrogen-bond acceptors (Lipinski definition) is 11. The predicted molar refractivity (Wildman–Crippen MR) is 305 cm³/mol. The fourth-order valence-electron chi connectivity index (χ4n) is 10.1. The molecule has 5 aromatic heterocycles. The zero-order valence-corrected chi connectivity index (χ0v) is 41.5. The molecule has 6 aromatic carbocycles. The fraction of sp³-hybridized carbons (Fsp3) is 0.111. The molecule has 79 heavy (non-hydrogen) atoms. The minimum Gasteiger partial charge on any atom is -0.339 e. The number of aromatic nitrogens is 6. The Bertz CT molecular complexity index is 4250. The first-order valence-corrected chi connectivity index (χ1v) is 25.3. The van der Waals surface area contributed by atoms with E-state index < -0.39 is 5.82 Å². The lowest BCUT2D eigenvalue weighted by molar-refractivity contribution is 0.628. The van der Waals surface area contributed by atoms with Crippen LogP contribution in [0.4, 0.5) is 34.6 Å². The lowest BCUT2D eigenvalue weighted by atomic mass is 10.00. The van der Waals surface area contributed by atoms with E-state index in [0.717, 1.165) is 73.6 Å². The summed E-state index contributed by atoms with van der Waals surface area (Å²) in [5.74, 6) is 1.48. The molecule has 0 atom stereocenters. The molecule has 1 fully saturated rings. The Labute approximate surface area is 451 Å². The first kappa shape index (κ1) is 49.9. The first-order chi connectivity index (χ1) is 38.3. The third-order valence-electron chi connectivity index (χ3n) is 14.0. The van der Waals surface area contributed by atoms with Crippen LogP contribution in [0.3, 0.4) is 0 Å². The zero-order valence-electron chi connectivity index (χ0n) is 41.5. The standard InChI is InChI=1S/C22H14F2N4.C20H14FN5.C20H16FN3.CH4/c23-15-5-1-3-13(9-15)20-17-7-6-16(10-18(17)19(24)12-26-20)28-22-21-14(11-27-22)4-2-8-25-21;21-17-6-7-18(26-10-2-9-24-26)15-5-4-14(11-16(15)17)25-20-19-13(12-23-20)3-1-8-22-19;21-18-8-7-15(12-3-4-12)16-6-5-14(10-17(16)18)24-20-19-13(11-23-20)2-1-9-22-19;/h1-10,12H,11H2,(H,27,28);1-11H,12H2,(H,23,25);1-2,5-10,12H,3-4,11H2,(H,23,24);1H4. The van der Waals surface area contributed by atoms with Crippen molar-refractivity contribution in [2.75, 3.05) is 16.0 Å². The highest BCUT2D eigenvalue weighted by molar-refractivity contribution is 6.12. The highest BCUT2D eigenvalue weighted by Crippen LogP contribution is 2.44.